The fraction of sp³-hybridized carbons (Fsp3) is 0.571. The number of nitro groups is 1. The van der Waals surface area contributed by atoms with Gasteiger partial charge >= 0.3 is 0 Å². The molecular weight excluding hydrogens is 292 g/mol. The largest absolute Gasteiger partial charge is 0.269 e. The van der Waals surface area contributed by atoms with Gasteiger partial charge in [-0.15, -0.1) is 0 Å². The molecule has 0 radical (unpaired) electrons. The van der Waals surface area contributed by atoms with Gasteiger partial charge in [-0.2, -0.15) is 0 Å². The Labute approximate surface area is 125 Å². The van der Waals surface area contributed by atoms with Crippen LogP contribution in [-0.4, -0.2) is 19.9 Å². The molecule has 7 heteroatoms. The molecule has 0 saturated heterocycles. The van der Waals surface area contributed by atoms with Crippen LogP contribution in [0.15, 0.2) is 29.2 Å². The van der Waals surface area contributed by atoms with E-state index in [4.69, 9.17) is 0 Å². The zero-order valence-electron chi connectivity index (χ0n) is 12.4. The molecule has 0 heterocycles. The lowest BCUT2D eigenvalue weighted by Crippen LogP contribution is -2.29. The minimum atomic E-state index is -3.61. The number of nitrogens with one attached hydrogen (secondary N) is 1. The summed E-state index contributed by atoms with van der Waals surface area (Å²) in [4.78, 5) is 10.1. The molecule has 1 N–H and O–H groups in total. The first-order valence-electron chi connectivity index (χ1n) is 7.14. The molecule has 0 fully saturated rings. The van der Waals surface area contributed by atoms with Crippen molar-refractivity contribution in [2.24, 2.45) is 5.92 Å². The third kappa shape index (κ3) is 5.43. The van der Waals surface area contributed by atoms with Crippen LogP contribution in [0.5, 0.6) is 0 Å². The van der Waals surface area contributed by atoms with Crippen molar-refractivity contribution >= 4 is 15.7 Å². The van der Waals surface area contributed by atoms with E-state index in [1.807, 2.05) is 6.92 Å². The molecule has 0 spiro atoms. The third-order valence-corrected chi connectivity index (χ3v) is 4.90. The second-order valence-corrected chi connectivity index (χ2v) is 6.79. The number of hydrogen-bond acceptors (Lipinski definition) is 4. The summed E-state index contributed by atoms with van der Waals surface area (Å²) in [5, 5.41) is 10.6. The molecule has 1 rings (SSSR count). The molecule has 0 saturated carbocycles. The van der Waals surface area contributed by atoms with Gasteiger partial charge in [-0.05, 0) is 24.5 Å². The summed E-state index contributed by atoms with van der Waals surface area (Å²) in [7, 11) is -3.61. The van der Waals surface area contributed by atoms with Crippen LogP contribution >= 0.6 is 0 Å². The normalized spacial score (nSPS) is 13.0. The highest BCUT2D eigenvalue weighted by Gasteiger charge is 2.17. The van der Waals surface area contributed by atoms with Crippen LogP contribution in [-0.2, 0) is 10.0 Å². The van der Waals surface area contributed by atoms with Crippen molar-refractivity contribution < 1.29 is 13.3 Å². The Morgan fingerprint density at radius 1 is 1.24 bits per heavy atom. The molecule has 118 valence electrons. The summed E-state index contributed by atoms with van der Waals surface area (Å²) in [6.07, 6.45) is 4.09. The van der Waals surface area contributed by atoms with Crippen LogP contribution < -0.4 is 4.72 Å². The second-order valence-electron chi connectivity index (χ2n) is 5.02. The van der Waals surface area contributed by atoms with Crippen molar-refractivity contribution in [3.8, 4) is 0 Å². The first-order chi connectivity index (χ1) is 9.90. The lowest BCUT2D eigenvalue weighted by atomic mass is 10.00. The van der Waals surface area contributed by atoms with Crippen LogP contribution in [0, 0.1) is 16.0 Å². The van der Waals surface area contributed by atoms with E-state index >= 15 is 0 Å². The maximum Gasteiger partial charge on any atom is 0.269 e. The van der Waals surface area contributed by atoms with E-state index in [9.17, 15) is 18.5 Å². The molecule has 0 aliphatic rings. The molecule has 1 atom stereocenters. The summed E-state index contributed by atoms with van der Waals surface area (Å²) in [6, 6.07) is 4.91. The van der Waals surface area contributed by atoms with Crippen molar-refractivity contribution in [3.05, 3.63) is 34.4 Å². The molecule has 1 aromatic rings. The second kappa shape index (κ2) is 8.09. The molecular formula is C14H22N2O4S. The molecule has 0 bridgehead atoms. The van der Waals surface area contributed by atoms with E-state index in [0.717, 1.165) is 25.7 Å². The van der Waals surface area contributed by atoms with Crippen molar-refractivity contribution in [3.63, 3.8) is 0 Å². The number of benzene rings is 1. The monoisotopic (exact) mass is 314 g/mol. The highest BCUT2D eigenvalue weighted by Crippen LogP contribution is 2.17. The van der Waals surface area contributed by atoms with Gasteiger partial charge in [0.1, 0.15) is 0 Å². The summed E-state index contributed by atoms with van der Waals surface area (Å²) in [6.45, 7) is 4.55. The molecule has 0 aliphatic carbocycles. The lowest BCUT2D eigenvalue weighted by molar-refractivity contribution is -0.384. The van der Waals surface area contributed by atoms with Crippen LogP contribution in [0.1, 0.15) is 39.5 Å². The standard InChI is InChI=1S/C14H22N2O4S/c1-3-5-6-12(4-2)11-15-21(19,20)14-9-7-13(8-10-14)16(17)18/h7-10,12,15H,3-6,11H2,1-2H3. The topological polar surface area (TPSA) is 89.3 Å². The van der Waals surface area contributed by atoms with E-state index in [1.165, 1.54) is 24.3 Å². The summed E-state index contributed by atoms with van der Waals surface area (Å²) >= 11 is 0. The number of unbranched alkanes of at least 4 members (excludes halogenated alkanes) is 1. The number of rotatable bonds is 9. The molecule has 6 nitrogen and oxygen atoms in total. The first-order valence-corrected chi connectivity index (χ1v) is 8.63. The van der Waals surface area contributed by atoms with Gasteiger partial charge < -0.3 is 0 Å². The van der Waals surface area contributed by atoms with Crippen LogP contribution in [0.25, 0.3) is 0 Å². The highest BCUT2D eigenvalue weighted by atomic mass is 32.2. The predicted molar refractivity (Wildman–Crippen MR) is 81.6 cm³/mol. The van der Waals surface area contributed by atoms with Gasteiger partial charge in [-0.3, -0.25) is 10.1 Å². The average molecular weight is 314 g/mol. The number of hydrogen-bond donors (Lipinski definition) is 1. The molecule has 0 aliphatic heterocycles. The zero-order chi connectivity index (χ0) is 15.9. The van der Waals surface area contributed by atoms with E-state index in [-0.39, 0.29) is 10.6 Å². The molecule has 1 aromatic carbocycles. The van der Waals surface area contributed by atoms with E-state index in [1.54, 1.807) is 0 Å². The van der Waals surface area contributed by atoms with Gasteiger partial charge in [-0.1, -0.05) is 33.1 Å². The van der Waals surface area contributed by atoms with Crippen molar-refractivity contribution in [2.45, 2.75) is 44.4 Å². The quantitative estimate of drug-likeness (QED) is 0.560. The lowest BCUT2D eigenvalue weighted by Gasteiger charge is -2.15. The molecule has 21 heavy (non-hydrogen) atoms. The fourth-order valence-electron chi connectivity index (χ4n) is 2.00. The Kier molecular flexibility index (Phi) is 6.77. The SMILES string of the molecule is CCCCC(CC)CNS(=O)(=O)c1ccc([N+](=O)[O-])cc1. The molecule has 1 unspecified atom stereocenters. The summed E-state index contributed by atoms with van der Waals surface area (Å²) in [5.41, 5.74) is -0.122. The van der Waals surface area contributed by atoms with Gasteiger partial charge in [0.25, 0.3) is 5.69 Å². The third-order valence-electron chi connectivity index (χ3n) is 3.46. The van der Waals surface area contributed by atoms with Crippen LogP contribution in [0.3, 0.4) is 0 Å². The highest BCUT2D eigenvalue weighted by molar-refractivity contribution is 7.89. The van der Waals surface area contributed by atoms with Gasteiger partial charge in [0.2, 0.25) is 10.0 Å². The minimum absolute atomic E-state index is 0.0541. The predicted octanol–water partition coefficient (Wildman–Crippen LogP) is 3.09. The smallest absolute Gasteiger partial charge is 0.258 e. The number of sulfonamides is 1. The van der Waals surface area contributed by atoms with Crippen molar-refractivity contribution in [1.29, 1.82) is 0 Å². The van der Waals surface area contributed by atoms with Gasteiger partial charge in [0.15, 0.2) is 0 Å². The van der Waals surface area contributed by atoms with Gasteiger partial charge in [0, 0.05) is 18.7 Å². The Bertz CT molecular complexity index is 555. The van der Waals surface area contributed by atoms with Crippen LogP contribution in [0.4, 0.5) is 5.69 Å². The Morgan fingerprint density at radius 2 is 1.86 bits per heavy atom. The zero-order valence-corrected chi connectivity index (χ0v) is 13.2. The fourth-order valence-corrected chi connectivity index (χ4v) is 3.12. The van der Waals surface area contributed by atoms with Gasteiger partial charge in [0.05, 0.1) is 9.82 Å². The Balaban J connectivity index is 2.70. The number of nitro benzene ring substituents is 1. The van der Waals surface area contributed by atoms with Crippen LogP contribution in [0.2, 0.25) is 0 Å². The number of nitrogens with zero attached hydrogens (tertiary/aromatic N) is 1. The van der Waals surface area contributed by atoms with Gasteiger partial charge in [-0.25, -0.2) is 13.1 Å². The Morgan fingerprint density at radius 3 is 2.33 bits per heavy atom. The minimum Gasteiger partial charge on any atom is -0.258 e. The Hall–Kier alpha value is -1.47. The summed E-state index contributed by atoms with van der Waals surface area (Å²) in [5.74, 6) is 0.317. The van der Waals surface area contributed by atoms with E-state index in [0.29, 0.717) is 12.5 Å². The van der Waals surface area contributed by atoms with Crippen molar-refractivity contribution in [2.75, 3.05) is 6.54 Å². The van der Waals surface area contributed by atoms with E-state index < -0.39 is 14.9 Å². The van der Waals surface area contributed by atoms with E-state index in [2.05, 4.69) is 11.6 Å². The maximum absolute atomic E-state index is 12.1. The molecule has 0 amide bonds. The molecule has 0 aromatic heterocycles. The summed E-state index contributed by atoms with van der Waals surface area (Å²) < 4.78 is 26.8. The maximum atomic E-state index is 12.1. The first kappa shape index (κ1) is 17.6. The average Bonchev–Trinajstić information content (AvgIpc) is 2.47. The number of non-ortho nitro benzene ring substituents is 1. The van der Waals surface area contributed by atoms with Crippen molar-refractivity contribution in [1.82, 2.24) is 4.72 Å².